The van der Waals surface area contributed by atoms with Gasteiger partial charge in [-0.1, -0.05) is 29.3 Å². The van der Waals surface area contributed by atoms with Crippen molar-refractivity contribution in [1.82, 2.24) is 0 Å². The maximum absolute atomic E-state index is 12.3. The molecule has 0 spiro atoms. The van der Waals surface area contributed by atoms with E-state index in [9.17, 15) is 4.79 Å². The summed E-state index contributed by atoms with van der Waals surface area (Å²) >= 11 is 12.1. The van der Waals surface area contributed by atoms with Crippen LogP contribution in [-0.2, 0) is 0 Å². The first kappa shape index (κ1) is 14.7. The number of anilines is 2. The molecule has 20 heavy (non-hydrogen) atoms. The molecule has 2 aromatic rings. The maximum atomic E-state index is 12.3. The Labute approximate surface area is 127 Å². The van der Waals surface area contributed by atoms with Crippen molar-refractivity contribution in [3.63, 3.8) is 0 Å². The number of halogens is 2. The number of hydrogen-bond donors (Lipinski definition) is 2. The van der Waals surface area contributed by atoms with Gasteiger partial charge in [0.15, 0.2) is 0 Å². The van der Waals surface area contributed by atoms with Gasteiger partial charge >= 0.3 is 0 Å². The molecule has 0 aliphatic heterocycles. The molecule has 0 aromatic heterocycles. The number of carbonyl (C=O) groups excluding carboxylic acids is 1. The van der Waals surface area contributed by atoms with Crippen LogP contribution in [0.2, 0.25) is 10.0 Å². The zero-order chi connectivity index (χ0) is 14.9. The molecular formula is C15H14Cl2N2O. The number of aryl methyl sites for hydroxylation is 2. The molecule has 0 saturated heterocycles. The van der Waals surface area contributed by atoms with E-state index < -0.39 is 0 Å². The van der Waals surface area contributed by atoms with Gasteiger partial charge in [0.25, 0.3) is 5.91 Å². The normalized spacial score (nSPS) is 10.4. The van der Waals surface area contributed by atoms with E-state index in [1.165, 1.54) is 0 Å². The van der Waals surface area contributed by atoms with Crippen molar-refractivity contribution in [3.8, 4) is 0 Å². The Hall–Kier alpha value is -1.71. The number of carbonyl (C=O) groups is 1. The standard InChI is InChI=1S/C15H14Cl2N2O/c1-8-6-10(18)7-9(2)14(8)19-15(20)13-11(16)4-3-5-12(13)17/h3-7H,18H2,1-2H3,(H,19,20). The highest BCUT2D eigenvalue weighted by molar-refractivity contribution is 6.40. The smallest absolute Gasteiger partial charge is 0.258 e. The third-order valence-corrected chi connectivity index (χ3v) is 3.61. The van der Waals surface area contributed by atoms with Crippen molar-refractivity contribution in [2.24, 2.45) is 0 Å². The zero-order valence-electron chi connectivity index (χ0n) is 11.1. The van der Waals surface area contributed by atoms with Gasteiger partial charge in [-0.25, -0.2) is 0 Å². The Morgan fingerprint density at radius 1 is 1.10 bits per heavy atom. The van der Waals surface area contributed by atoms with E-state index >= 15 is 0 Å². The number of rotatable bonds is 2. The molecule has 3 nitrogen and oxygen atoms in total. The van der Waals surface area contributed by atoms with E-state index in [-0.39, 0.29) is 11.5 Å². The summed E-state index contributed by atoms with van der Waals surface area (Å²) in [7, 11) is 0. The Bertz CT molecular complexity index is 640. The summed E-state index contributed by atoms with van der Waals surface area (Å²) in [6.45, 7) is 3.76. The van der Waals surface area contributed by atoms with Crippen molar-refractivity contribution >= 4 is 40.5 Å². The first-order valence-electron chi connectivity index (χ1n) is 6.02. The van der Waals surface area contributed by atoms with Crippen LogP contribution in [0.5, 0.6) is 0 Å². The quantitative estimate of drug-likeness (QED) is 0.806. The van der Waals surface area contributed by atoms with E-state index in [1.807, 2.05) is 13.8 Å². The Kier molecular flexibility index (Phi) is 4.21. The van der Waals surface area contributed by atoms with Crippen LogP contribution < -0.4 is 11.1 Å². The SMILES string of the molecule is Cc1cc(N)cc(C)c1NC(=O)c1c(Cl)cccc1Cl. The third-order valence-electron chi connectivity index (χ3n) is 2.98. The van der Waals surface area contributed by atoms with E-state index in [2.05, 4.69) is 5.32 Å². The molecule has 0 atom stereocenters. The number of hydrogen-bond acceptors (Lipinski definition) is 2. The molecule has 2 rings (SSSR count). The van der Waals surface area contributed by atoms with E-state index in [0.29, 0.717) is 15.7 Å². The molecule has 1 amide bonds. The molecule has 0 unspecified atom stereocenters. The first-order chi connectivity index (χ1) is 9.40. The third kappa shape index (κ3) is 2.89. The van der Waals surface area contributed by atoms with Crippen LogP contribution in [0.4, 0.5) is 11.4 Å². The van der Waals surface area contributed by atoms with E-state index in [1.54, 1.807) is 30.3 Å². The largest absolute Gasteiger partial charge is 0.399 e. The number of benzene rings is 2. The number of nitrogens with one attached hydrogen (secondary N) is 1. The molecule has 0 heterocycles. The minimum absolute atomic E-state index is 0.270. The molecular weight excluding hydrogens is 295 g/mol. The fraction of sp³-hybridized carbons (Fsp3) is 0.133. The lowest BCUT2D eigenvalue weighted by atomic mass is 10.1. The zero-order valence-corrected chi connectivity index (χ0v) is 12.6. The molecule has 5 heteroatoms. The fourth-order valence-corrected chi connectivity index (χ4v) is 2.65. The van der Waals surface area contributed by atoms with Gasteiger partial charge in [-0.2, -0.15) is 0 Å². The average molecular weight is 309 g/mol. The second-order valence-electron chi connectivity index (χ2n) is 4.58. The van der Waals surface area contributed by atoms with Crippen molar-refractivity contribution in [1.29, 1.82) is 0 Å². The lowest BCUT2D eigenvalue weighted by Crippen LogP contribution is -2.15. The summed E-state index contributed by atoms with van der Waals surface area (Å²) in [5.41, 5.74) is 9.19. The molecule has 0 aliphatic rings. The fourth-order valence-electron chi connectivity index (χ4n) is 2.08. The molecule has 2 aromatic carbocycles. The minimum Gasteiger partial charge on any atom is -0.399 e. The van der Waals surface area contributed by atoms with Crippen LogP contribution in [0, 0.1) is 13.8 Å². The first-order valence-corrected chi connectivity index (χ1v) is 6.78. The van der Waals surface area contributed by atoms with E-state index in [4.69, 9.17) is 28.9 Å². The summed E-state index contributed by atoms with van der Waals surface area (Å²) < 4.78 is 0. The predicted octanol–water partition coefficient (Wildman–Crippen LogP) is 4.44. The summed E-state index contributed by atoms with van der Waals surface area (Å²) in [5, 5.41) is 3.48. The van der Waals surface area contributed by atoms with Crippen LogP contribution in [0.3, 0.4) is 0 Å². The number of amides is 1. The number of nitrogen functional groups attached to an aromatic ring is 1. The molecule has 0 bridgehead atoms. The Balaban J connectivity index is 2.38. The second-order valence-corrected chi connectivity index (χ2v) is 5.39. The lowest BCUT2D eigenvalue weighted by molar-refractivity contribution is 0.102. The summed E-state index contributed by atoms with van der Waals surface area (Å²) in [6, 6.07) is 8.56. The summed E-state index contributed by atoms with van der Waals surface area (Å²) in [6.07, 6.45) is 0. The number of nitrogens with two attached hydrogens (primary N) is 1. The van der Waals surface area contributed by atoms with Gasteiger partial charge in [0.1, 0.15) is 0 Å². The van der Waals surface area contributed by atoms with Crippen LogP contribution in [-0.4, -0.2) is 5.91 Å². The van der Waals surface area contributed by atoms with Crippen LogP contribution in [0.25, 0.3) is 0 Å². The van der Waals surface area contributed by atoms with Crippen molar-refractivity contribution in [3.05, 3.63) is 57.1 Å². The van der Waals surface area contributed by atoms with Crippen LogP contribution in [0.1, 0.15) is 21.5 Å². The topological polar surface area (TPSA) is 55.1 Å². The molecule has 104 valence electrons. The van der Waals surface area contributed by atoms with Crippen LogP contribution >= 0.6 is 23.2 Å². The van der Waals surface area contributed by atoms with Gasteiger partial charge in [0.05, 0.1) is 15.6 Å². The monoisotopic (exact) mass is 308 g/mol. The summed E-state index contributed by atoms with van der Waals surface area (Å²) in [4.78, 5) is 12.3. The molecule has 0 saturated carbocycles. The van der Waals surface area contributed by atoms with Gasteiger partial charge in [0.2, 0.25) is 0 Å². The lowest BCUT2D eigenvalue weighted by Gasteiger charge is -2.14. The van der Waals surface area contributed by atoms with Crippen molar-refractivity contribution in [2.45, 2.75) is 13.8 Å². The maximum Gasteiger partial charge on any atom is 0.258 e. The molecule has 0 radical (unpaired) electrons. The van der Waals surface area contributed by atoms with Gasteiger partial charge in [-0.05, 0) is 49.2 Å². The van der Waals surface area contributed by atoms with Gasteiger partial charge in [-0.3, -0.25) is 4.79 Å². The Morgan fingerprint density at radius 2 is 1.60 bits per heavy atom. The van der Waals surface area contributed by atoms with E-state index in [0.717, 1.165) is 16.8 Å². The van der Waals surface area contributed by atoms with Crippen molar-refractivity contribution < 1.29 is 4.79 Å². The minimum atomic E-state index is -0.337. The second kappa shape index (κ2) is 5.73. The van der Waals surface area contributed by atoms with Gasteiger partial charge < -0.3 is 11.1 Å². The molecule has 3 N–H and O–H groups in total. The highest BCUT2D eigenvalue weighted by Crippen LogP contribution is 2.28. The molecule has 0 fully saturated rings. The van der Waals surface area contributed by atoms with Gasteiger partial charge in [-0.15, -0.1) is 0 Å². The summed E-state index contributed by atoms with van der Waals surface area (Å²) in [5.74, 6) is -0.337. The highest BCUT2D eigenvalue weighted by atomic mass is 35.5. The van der Waals surface area contributed by atoms with Gasteiger partial charge in [0, 0.05) is 11.4 Å². The predicted molar refractivity (Wildman–Crippen MR) is 84.7 cm³/mol. The Morgan fingerprint density at radius 3 is 2.10 bits per heavy atom. The molecule has 0 aliphatic carbocycles. The van der Waals surface area contributed by atoms with Crippen LogP contribution in [0.15, 0.2) is 30.3 Å². The highest BCUT2D eigenvalue weighted by Gasteiger charge is 2.16. The van der Waals surface area contributed by atoms with Crippen molar-refractivity contribution in [2.75, 3.05) is 11.1 Å². The average Bonchev–Trinajstić information content (AvgIpc) is 2.33.